The molecule has 0 saturated heterocycles. The largest absolute Gasteiger partial charge is 0.295 e. The van der Waals surface area contributed by atoms with Crippen LogP contribution < -0.4 is 0 Å². The highest BCUT2D eigenvalue weighted by Crippen LogP contribution is 2.28. The minimum atomic E-state index is 0.482. The Morgan fingerprint density at radius 2 is 2.00 bits per heavy atom. The SMILES string of the molecule is N#Cc1cccc2c1nc(CCCl)n2-c1ccccc1Br. The summed E-state index contributed by atoms with van der Waals surface area (Å²) in [4.78, 5) is 4.63. The van der Waals surface area contributed by atoms with Crippen molar-refractivity contribution in [3.05, 3.63) is 58.3 Å². The molecule has 0 unspecified atom stereocenters. The van der Waals surface area contributed by atoms with E-state index in [0.29, 0.717) is 17.9 Å². The Morgan fingerprint density at radius 1 is 1.19 bits per heavy atom. The van der Waals surface area contributed by atoms with E-state index in [9.17, 15) is 5.26 Å². The first-order valence-electron chi connectivity index (χ1n) is 6.47. The van der Waals surface area contributed by atoms with Crippen molar-refractivity contribution in [2.45, 2.75) is 6.42 Å². The van der Waals surface area contributed by atoms with Crippen molar-refractivity contribution < 1.29 is 0 Å². The van der Waals surface area contributed by atoms with Crippen molar-refractivity contribution in [3.63, 3.8) is 0 Å². The average Bonchev–Trinajstić information content (AvgIpc) is 2.86. The van der Waals surface area contributed by atoms with Gasteiger partial charge in [0.05, 0.1) is 16.8 Å². The van der Waals surface area contributed by atoms with Gasteiger partial charge in [-0.05, 0) is 40.2 Å². The predicted molar refractivity (Wildman–Crippen MR) is 87.9 cm³/mol. The van der Waals surface area contributed by atoms with Crippen LogP contribution in [-0.2, 0) is 6.42 Å². The number of aryl methyl sites for hydroxylation is 1. The van der Waals surface area contributed by atoms with Gasteiger partial charge in [-0.2, -0.15) is 5.26 Å². The summed E-state index contributed by atoms with van der Waals surface area (Å²) in [5.41, 5.74) is 3.21. The molecule has 2 aromatic carbocycles. The molecule has 5 heteroatoms. The topological polar surface area (TPSA) is 41.6 Å². The minimum absolute atomic E-state index is 0.482. The van der Waals surface area contributed by atoms with Crippen LogP contribution in [0.1, 0.15) is 11.4 Å². The van der Waals surface area contributed by atoms with Crippen LogP contribution in [0.2, 0.25) is 0 Å². The number of imidazole rings is 1. The van der Waals surface area contributed by atoms with Crippen LogP contribution >= 0.6 is 27.5 Å². The zero-order valence-corrected chi connectivity index (χ0v) is 13.4. The van der Waals surface area contributed by atoms with Crippen molar-refractivity contribution in [1.29, 1.82) is 5.26 Å². The molecule has 0 aliphatic heterocycles. The highest BCUT2D eigenvalue weighted by molar-refractivity contribution is 9.10. The highest BCUT2D eigenvalue weighted by atomic mass is 79.9. The molecule has 3 aromatic rings. The number of rotatable bonds is 3. The average molecular weight is 361 g/mol. The number of para-hydroxylation sites is 2. The number of nitriles is 1. The second-order valence-corrected chi connectivity index (χ2v) is 5.77. The summed E-state index contributed by atoms with van der Waals surface area (Å²) in [5, 5.41) is 9.26. The second kappa shape index (κ2) is 5.88. The van der Waals surface area contributed by atoms with Crippen molar-refractivity contribution in [3.8, 4) is 11.8 Å². The number of aromatic nitrogens is 2. The summed E-state index contributed by atoms with van der Waals surface area (Å²) in [6.45, 7) is 0. The monoisotopic (exact) mass is 359 g/mol. The standard InChI is InChI=1S/C16H11BrClN3/c17-12-5-1-2-6-13(12)21-14-7-3-4-11(10-19)16(14)20-15(21)8-9-18/h1-7H,8-9H2. The van der Waals surface area contributed by atoms with Gasteiger partial charge in [-0.3, -0.25) is 4.57 Å². The Kier molecular flexibility index (Phi) is 3.96. The van der Waals surface area contributed by atoms with Gasteiger partial charge in [-0.1, -0.05) is 18.2 Å². The normalized spacial score (nSPS) is 10.7. The van der Waals surface area contributed by atoms with E-state index in [1.807, 2.05) is 36.4 Å². The van der Waals surface area contributed by atoms with E-state index in [1.165, 1.54) is 0 Å². The molecule has 0 radical (unpaired) electrons. The van der Waals surface area contributed by atoms with Crippen LogP contribution in [0, 0.1) is 11.3 Å². The Hall–Kier alpha value is -1.83. The van der Waals surface area contributed by atoms with E-state index >= 15 is 0 Å². The van der Waals surface area contributed by atoms with Crippen molar-refractivity contribution in [2.75, 3.05) is 5.88 Å². The van der Waals surface area contributed by atoms with Gasteiger partial charge < -0.3 is 0 Å². The van der Waals surface area contributed by atoms with Crippen molar-refractivity contribution >= 4 is 38.6 Å². The fraction of sp³-hybridized carbons (Fsp3) is 0.125. The number of fused-ring (bicyclic) bond motifs is 1. The van der Waals surface area contributed by atoms with E-state index in [1.54, 1.807) is 6.07 Å². The van der Waals surface area contributed by atoms with E-state index in [-0.39, 0.29) is 0 Å². The lowest BCUT2D eigenvalue weighted by Gasteiger charge is -2.10. The van der Waals surface area contributed by atoms with Crippen LogP contribution in [0.25, 0.3) is 16.7 Å². The molecule has 0 fully saturated rings. The van der Waals surface area contributed by atoms with Gasteiger partial charge in [-0.15, -0.1) is 11.6 Å². The number of hydrogen-bond acceptors (Lipinski definition) is 2. The third-order valence-corrected chi connectivity index (χ3v) is 4.15. The van der Waals surface area contributed by atoms with Crippen LogP contribution in [0.15, 0.2) is 46.9 Å². The molecule has 0 aliphatic carbocycles. The highest BCUT2D eigenvalue weighted by Gasteiger charge is 2.15. The smallest absolute Gasteiger partial charge is 0.115 e. The Labute approximate surface area is 135 Å². The number of benzene rings is 2. The maximum absolute atomic E-state index is 9.26. The molecule has 3 nitrogen and oxygen atoms in total. The molecule has 0 amide bonds. The summed E-state index contributed by atoms with van der Waals surface area (Å²) in [6.07, 6.45) is 0.641. The summed E-state index contributed by atoms with van der Waals surface area (Å²) >= 11 is 9.48. The summed E-state index contributed by atoms with van der Waals surface area (Å²) in [6, 6.07) is 15.8. The molecule has 3 rings (SSSR count). The maximum Gasteiger partial charge on any atom is 0.115 e. The van der Waals surface area contributed by atoms with E-state index in [4.69, 9.17) is 11.6 Å². The number of halogens is 2. The van der Waals surface area contributed by atoms with Gasteiger partial charge in [0.1, 0.15) is 17.4 Å². The fourth-order valence-corrected chi connectivity index (χ4v) is 3.02. The van der Waals surface area contributed by atoms with Crippen LogP contribution in [0.4, 0.5) is 0 Å². The molecule has 0 spiro atoms. The van der Waals surface area contributed by atoms with Crippen LogP contribution in [-0.4, -0.2) is 15.4 Å². The van der Waals surface area contributed by atoms with E-state index in [0.717, 1.165) is 27.0 Å². The predicted octanol–water partition coefficient (Wildman–Crippen LogP) is 4.44. The molecule has 21 heavy (non-hydrogen) atoms. The van der Waals surface area contributed by atoms with E-state index in [2.05, 4.69) is 31.6 Å². The molecule has 0 atom stereocenters. The fourth-order valence-electron chi connectivity index (χ4n) is 2.39. The third-order valence-electron chi connectivity index (χ3n) is 3.29. The zero-order chi connectivity index (χ0) is 14.8. The molecule has 0 saturated carbocycles. The molecule has 0 bridgehead atoms. The number of alkyl halides is 1. The Balaban J connectivity index is 2.37. The summed E-state index contributed by atoms with van der Waals surface area (Å²) in [7, 11) is 0. The summed E-state index contributed by atoms with van der Waals surface area (Å²) < 4.78 is 3.03. The molecular weight excluding hydrogens is 350 g/mol. The molecular formula is C16H11BrClN3. The van der Waals surface area contributed by atoms with Crippen LogP contribution in [0.5, 0.6) is 0 Å². The number of hydrogen-bond donors (Lipinski definition) is 0. The van der Waals surface area contributed by atoms with Gasteiger partial charge in [-0.25, -0.2) is 4.98 Å². The van der Waals surface area contributed by atoms with Crippen molar-refractivity contribution in [2.24, 2.45) is 0 Å². The van der Waals surface area contributed by atoms with Gasteiger partial charge in [0.25, 0.3) is 0 Å². The maximum atomic E-state index is 9.26. The first kappa shape index (κ1) is 14.1. The Morgan fingerprint density at radius 3 is 2.71 bits per heavy atom. The lowest BCUT2D eigenvalue weighted by atomic mass is 10.2. The van der Waals surface area contributed by atoms with Crippen LogP contribution in [0.3, 0.4) is 0 Å². The molecule has 1 aromatic heterocycles. The van der Waals surface area contributed by atoms with Gasteiger partial charge in [0.2, 0.25) is 0 Å². The zero-order valence-electron chi connectivity index (χ0n) is 11.1. The van der Waals surface area contributed by atoms with Gasteiger partial charge >= 0.3 is 0 Å². The second-order valence-electron chi connectivity index (χ2n) is 4.54. The molecule has 104 valence electrons. The third kappa shape index (κ3) is 2.44. The molecule has 0 aliphatic rings. The van der Waals surface area contributed by atoms with Gasteiger partial charge in [0.15, 0.2) is 0 Å². The van der Waals surface area contributed by atoms with Crippen molar-refractivity contribution in [1.82, 2.24) is 9.55 Å². The molecule has 1 heterocycles. The quantitative estimate of drug-likeness (QED) is 0.648. The van der Waals surface area contributed by atoms with Gasteiger partial charge in [0, 0.05) is 16.8 Å². The first-order valence-corrected chi connectivity index (χ1v) is 7.80. The Bertz CT molecular complexity index is 848. The molecule has 0 N–H and O–H groups in total. The number of nitrogens with zero attached hydrogens (tertiary/aromatic N) is 3. The first-order chi connectivity index (χ1) is 10.3. The van der Waals surface area contributed by atoms with E-state index < -0.39 is 0 Å². The lowest BCUT2D eigenvalue weighted by molar-refractivity contribution is 0.909. The minimum Gasteiger partial charge on any atom is -0.295 e. The summed E-state index contributed by atoms with van der Waals surface area (Å²) in [5.74, 6) is 1.34. The lowest BCUT2D eigenvalue weighted by Crippen LogP contribution is -2.02.